The molecule has 0 bridgehead atoms. The summed E-state index contributed by atoms with van der Waals surface area (Å²) in [7, 11) is 1.54. The first-order valence-corrected chi connectivity index (χ1v) is 5.88. The molecule has 2 N–H and O–H groups in total. The highest BCUT2D eigenvalue weighted by molar-refractivity contribution is 5.76. The van der Waals surface area contributed by atoms with Crippen LogP contribution in [-0.2, 0) is 9.59 Å². The maximum Gasteiger partial charge on any atom is 0.305 e. The number of carboxylic acids is 1. The first kappa shape index (κ1) is 14.8. The number of carbonyl (C=O) groups is 2. The Morgan fingerprint density at radius 3 is 2.53 bits per heavy atom. The van der Waals surface area contributed by atoms with Crippen LogP contribution in [-0.4, -0.2) is 37.2 Å². The van der Waals surface area contributed by atoms with Gasteiger partial charge in [0.05, 0.1) is 26.6 Å². The molecule has 1 rings (SSSR count). The minimum Gasteiger partial charge on any atom is -0.493 e. The van der Waals surface area contributed by atoms with Crippen molar-refractivity contribution >= 4 is 11.9 Å². The minimum absolute atomic E-state index is 0.0842. The topological polar surface area (TPSA) is 84.9 Å². The van der Waals surface area contributed by atoms with Gasteiger partial charge in [0.2, 0.25) is 5.91 Å². The van der Waals surface area contributed by atoms with Crippen LogP contribution >= 0.6 is 0 Å². The quantitative estimate of drug-likeness (QED) is 0.735. The van der Waals surface area contributed by atoms with Gasteiger partial charge < -0.3 is 19.9 Å². The first-order valence-electron chi connectivity index (χ1n) is 5.88. The SMILES string of the molecule is COc1ccccc1OCCC(=O)NCCC(=O)O. The van der Waals surface area contributed by atoms with E-state index in [0.29, 0.717) is 11.5 Å². The summed E-state index contributed by atoms with van der Waals surface area (Å²) in [6.45, 7) is 0.335. The van der Waals surface area contributed by atoms with Gasteiger partial charge in [-0.3, -0.25) is 9.59 Å². The standard InChI is InChI=1S/C13H17NO5/c1-18-10-4-2-3-5-11(10)19-9-7-12(15)14-8-6-13(16)17/h2-5H,6-9H2,1H3,(H,14,15)(H,16,17). The summed E-state index contributed by atoms with van der Waals surface area (Å²) in [6, 6.07) is 7.15. The molecule has 1 amide bonds. The lowest BCUT2D eigenvalue weighted by molar-refractivity contribution is -0.136. The fourth-order valence-corrected chi connectivity index (χ4v) is 1.39. The molecule has 0 heterocycles. The van der Waals surface area contributed by atoms with Gasteiger partial charge in [0.25, 0.3) is 0 Å². The lowest BCUT2D eigenvalue weighted by Crippen LogP contribution is -2.27. The third-order valence-corrected chi connectivity index (χ3v) is 2.32. The number of aliphatic carboxylic acids is 1. The normalized spacial score (nSPS) is 9.74. The van der Waals surface area contributed by atoms with E-state index in [1.807, 2.05) is 12.1 Å². The van der Waals surface area contributed by atoms with E-state index >= 15 is 0 Å². The second-order valence-corrected chi connectivity index (χ2v) is 3.74. The van der Waals surface area contributed by atoms with Crippen molar-refractivity contribution in [2.24, 2.45) is 0 Å². The van der Waals surface area contributed by atoms with Gasteiger partial charge in [-0.1, -0.05) is 12.1 Å². The number of hydrogen-bond acceptors (Lipinski definition) is 4. The van der Waals surface area contributed by atoms with Crippen LogP contribution in [0.1, 0.15) is 12.8 Å². The van der Waals surface area contributed by atoms with Gasteiger partial charge in [-0.2, -0.15) is 0 Å². The molecule has 0 saturated carbocycles. The molecule has 0 aromatic heterocycles. The second-order valence-electron chi connectivity index (χ2n) is 3.74. The fourth-order valence-electron chi connectivity index (χ4n) is 1.39. The molecule has 104 valence electrons. The predicted octanol–water partition coefficient (Wildman–Crippen LogP) is 1.05. The number of hydrogen-bond donors (Lipinski definition) is 2. The van der Waals surface area contributed by atoms with Crippen molar-refractivity contribution in [3.8, 4) is 11.5 Å². The third kappa shape index (κ3) is 5.76. The Hall–Kier alpha value is -2.24. The third-order valence-electron chi connectivity index (χ3n) is 2.32. The molecule has 0 radical (unpaired) electrons. The summed E-state index contributed by atoms with van der Waals surface area (Å²) in [5.41, 5.74) is 0. The molecule has 1 aromatic carbocycles. The van der Waals surface area contributed by atoms with E-state index in [1.165, 1.54) is 0 Å². The molecule has 0 aliphatic carbocycles. The van der Waals surface area contributed by atoms with Crippen LogP contribution in [0.4, 0.5) is 0 Å². The van der Waals surface area contributed by atoms with Gasteiger partial charge in [0.15, 0.2) is 11.5 Å². The summed E-state index contributed by atoms with van der Waals surface area (Å²) in [6.07, 6.45) is 0.0801. The van der Waals surface area contributed by atoms with Crippen LogP contribution < -0.4 is 14.8 Å². The summed E-state index contributed by atoms with van der Waals surface area (Å²) < 4.78 is 10.5. The van der Waals surface area contributed by atoms with E-state index in [4.69, 9.17) is 14.6 Å². The molecule has 0 saturated heterocycles. The number of carbonyl (C=O) groups excluding carboxylic acids is 1. The summed E-state index contributed by atoms with van der Waals surface area (Å²) in [5, 5.41) is 10.9. The molecule has 6 heteroatoms. The minimum atomic E-state index is -0.939. The van der Waals surface area contributed by atoms with Gasteiger partial charge in [0, 0.05) is 6.54 Å². The molecule has 0 fully saturated rings. The van der Waals surface area contributed by atoms with Crippen molar-refractivity contribution in [3.63, 3.8) is 0 Å². The fraction of sp³-hybridized carbons (Fsp3) is 0.385. The van der Waals surface area contributed by atoms with Gasteiger partial charge >= 0.3 is 5.97 Å². The lowest BCUT2D eigenvalue weighted by atomic mass is 10.3. The van der Waals surface area contributed by atoms with Crippen molar-refractivity contribution in [3.05, 3.63) is 24.3 Å². The lowest BCUT2D eigenvalue weighted by Gasteiger charge is -2.10. The Morgan fingerprint density at radius 1 is 1.21 bits per heavy atom. The number of rotatable bonds is 8. The number of carboxylic acid groups (broad SMARTS) is 1. The smallest absolute Gasteiger partial charge is 0.305 e. The Kier molecular flexibility index (Phi) is 6.21. The van der Waals surface area contributed by atoms with Gasteiger partial charge in [-0.05, 0) is 12.1 Å². The molecular formula is C13H17NO5. The maximum atomic E-state index is 11.4. The number of amides is 1. The van der Waals surface area contributed by atoms with Crippen molar-refractivity contribution in [2.45, 2.75) is 12.8 Å². The van der Waals surface area contributed by atoms with Crippen LogP contribution in [0.3, 0.4) is 0 Å². The zero-order chi connectivity index (χ0) is 14.1. The van der Waals surface area contributed by atoms with Gasteiger partial charge in [-0.25, -0.2) is 0 Å². The number of benzene rings is 1. The number of ether oxygens (including phenoxy) is 2. The zero-order valence-electron chi connectivity index (χ0n) is 10.7. The van der Waals surface area contributed by atoms with Crippen molar-refractivity contribution in [2.75, 3.05) is 20.3 Å². The zero-order valence-corrected chi connectivity index (χ0v) is 10.7. The van der Waals surface area contributed by atoms with Crippen molar-refractivity contribution in [1.82, 2.24) is 5.32 Å². The van der Waals surface area contributed by atoms with Crippen LogP contribution in [0.25, 0.3) is 0 Å². The molecule has 0 atom stereocenters. The molecule has 0 unspecified atom stereocenters. The first-order chi connectivity index (χ1) is 9.13. The van der Waals surface area contributed by atoms with Crippen molar-refractivity contribution < 1.29 is 24.2 Å². The van der Waals surface area contributed by atoms with E-state index < -0.39 is 5.97 Å². The van der Waals surface area contributed by atoms with E-state index in [0.717, 1.165) is 0 Å². The van der Waals surface area contributed by atoms with E-state index in [2.05, 4.69) is 5.32 Å². The average molecular weight is 267 g/mol. The number of para-hydroxylation sites is 2. The number of methoxy groups -OCH3 is 1. The average Bonchev–Trinajstić information content (AvgIpc) is 2.39. The Balaban J connectivity index is 2.26. The Labute approximate surface area is 111 Å². The van der Waals surface area contributed by atoms with Crippen molar-refractivity contribution in [1.29, 1.82) is 0 Å². The molecule has 0 spiro atoms. The highest BCUT2D eigenvalue weighted by Gasteiger charge is 2.05. The molecular weight excluding hydrogens is 250 g/mol. The molecule has 0 aliphatic rings. The highest BCUT2D eigenvalue weighted by atomic mass is 16.5. The summed E-state index contributed by atoms with van der Waals surface area (Å²) >= 11 is 0. The van der Waals surface area contributed by atoms with Crippen LogP contribution in [0.2, 0.25) is 0 Å². The largest absolute Gasteiger partial charge is 0.493 e. The Morgan fingerprint density at radius 2 is 1.89 bits per heavy atom. The van der Waals surface area contributed by atoms with E-state index in [9.17, 15) is 9.59 Å². The van der Waals surface area contributed by atoms with Gasteiger partial charge in [-0.15, -0.1) is 0 Å². The summed E-state index contributed by atoms with van der Waals surface area (Å²) in [4.78, 5) is 21.6. The molecule has 6 nitrogen and oxygen atoms in total. The van der Waals surface area contributed by atoms with Gasteiger partial charge in [0.1, 0.15) is 0 Å². The second kappa shape index (κ2) is 7.97. The maximum absolute atomic E-state index is 11.4. The monoisotopic (exact) mass is 267 g/mol. The van der Waals surface area contributed by atoms with E-state index in [-0.39, 0.29) is 31.9 Å². The predicted molar refractivity (Wildman–Crippen MR) is 68.4 cm³/mol. The molecule has 1 aromatic rings. The highest BCUT2D eigenvalue weighted by Crippen LogP contribution is 2.25. The van der Waals surface area contributed by atoms with Crippen LogP contribution in [0.5, 0.6) is 11.5 Å². The molecule has 19 heavy (non-hydrogen) atoms. The van der Waals surface area contributed by atoms with Crippen LogP contribution in [0, 0.1) is 0 Å². The van der Waals surface area contributed by atoms with Crippen LogP contribution in [0.15, 0.2) is 24.3 Å². The summed E-state index contributed by atoms with van der Waals surface area (Å²) in [5.74, 6) is -0.00107. The Bertz CT molecular complexity index is 433. The van der Waals surface area contributed by atoms with E-state index in [1.54, 1.807) is 19.2 Å². The number of nitrogens with one attached hydrogen (secondary N) is 1. The molecule has 0 aliphatic heterocycles.